The van der Waals surface area contributed by atoms with Gasteiger partial charge in [-0.2, -0.15) is 4.31 Å². The molecular formula is C16H23N3O2S. The standard InChI is InChI=1S/C16H23N3O2S/c1-4-18(5-2)22(20,21)13-6-7-16-14(10-13)12(3)15-8-9-17-11-19(15)16/h6-7,10,17H,4-5,8-9,11H2,1-3H3. The smallest absolute Gasteiger partial charge is 0.243 e. The Hall–Kier alpha value is -1.37. The van der Waals surface area contributed by atoms with Crippen molar-refractivity contribution >= 4 is 20.9 Å². The summed E-state index contributed by atoms with van der Waals surface area (Å²) in [6.07, 6.45) is 0.985. The van der Waals surface area contributed by atoms with Crippen LogP contribution in [0.5, 0.6) is 0 Å². The number of sulfonamides is 1. The molecule has 3 rings (SSSR count). The molecule has 1 aromatic carbocycles. The van der Waals surface area contributed by atoms with Gasteiger partial charge in [0.2, 0.25) is 10.0 Å². The van der Waals surface area contributed by atoms with Gasteiger partial charge in [0.05, 0.1) is 11.6 Å². The van der Waals surface area contributed by atoms with Crippen LogP contribution in [0.15, 0.2) is 23.1 Å². The van der Waals surface area contributed by atoms with E-state index in [1.165, 1.54) is 15.6 Å². The summed E-state index contributed by atoms with van der Waals surface area (Å²) in [6, 6.07) is 5.51. The maximum absolute atomic E-state index is 12.7. The van der Waals surface area contributed by atoms with Crippen molar-refractivity contribution in [3.05, 3.63) is 29.5 Å². The van der Waals surface area contributed by atoms with Gasteiger partial charge < -0.3 is 4.57 Å². The second-order valence-electron chi connectivity index (χ2n) is 5.68. The van der Waals surface area contributed by atoms with E-state index in [0.29, 0.717) is 18.0 Å². The fourth-order valence-corrected chi connectivity index (χ4v) is 4.81. The molecule has 0 radical (unpaired) electrons. The second kappa shape index (κ2) is 5.68. The van der Waals surface area contributed by atoms with Crippen molar-refractivity contribution in [2.45, 2.75) is 38.8 Å². The monoisotopic (exact) mass is 321 g/mol. The first-order chi connectivity index (χ1) is 10.5. The molecule has 0 unspecified atom stereocenters. The Labute approximate surface area is 132 Å². The number of nitrogens with zero attached hydrogens (tertiary/aromatic N) is 2. The maximum atomic E-state index is 12.7. The first kappa shape index (κ1) is 15.5. The first-order valence-electron chi connectivity index (χ1n) is 7.83. The number of hydrogen-bond acceptors (Lipinski definition) is 3. The third-order valence-corrected chi connectivity index (χ3v) is 6.62. The Bertz CT molecular complexity index is 804. The van der Waals surface area contributed by atoms with Crippen LogP contribution in [0.2, 0.25) is 0 Å². The summed E-state index contributed by atoms with van der Waals surface area (Å²) < 4.78 is 29.2. The molecule has 0 saturated heterocycles. The molecule has 2 aromatic rings. The Morgan fingerprint density at radius 1 is 1.27 bits per heavy atom. The van der Waals surface area contributed by atoms with Gasteiger partial charge in [-0.1, -0.05) is 13.8 Å². The fraction of sp³-hybridized carbons (Fsp3) is 0.500. The zero-order chi connectivity index (χ0) is 15.9. The zero-order valence-electron chi connectivity index (χ0n) is 13.4. The minimum Gasteiger partial charge on any atom is -0.331 e. The van der Waals surface area contributed by atoms with Crippen molar-refractivity contribution in [1.82, 2.24) is 14.2 Å². The van der Waals surface area contributed by atoms with Gasteiger partial charge in [-0.3, -0.25) is 5.32 Å². The zero-order valence-corrected chi connectivity index (χ0v) is 14.2. The molecule has 0 fully saturated rings. The van der Waals surface area contributed by atoms with Crippen molar-refractivity contribution in [2.75, 3.05) is 19.6 Å². The average molecular weight is 321 g/mol. The minimum atomic E-state index is -3.40. The van der Waals surface area contributed by atoms with Gasteiger partial charge in [0.1, 0.15) is 0 Å². The predicted molar refractivity (Wildman–Crippen MR) is 88.5 cm³/mol. The van der Waals surface area contributed by atoms with Crippen molar-refractivity contribution in [2.24, 2.45) is 0 Å². The molecule has 1 N–H and O–H groups in total. The molecule has 0 amide bonds. The van der Waals surface area contributed by atoms with Gasteiger partial charge in [0.15, 0.2) is 0 Å². The molecule has 1 aliphatic heterocycles. The second-order valence-corrected chi connectivity index (χ2v) is 7.61. The summed E-state index contributed by atoms with van der Waals surface area (Å²) in [7, 11) is -3.40. The number of aryl methyl sites for hydroxylation is 1. The van der Waals surface area contributed by atoms with Gasteiger partial charge in [-0.15, -0.1) is 0 Å². The maximum Gasteiger partial charge on any atom is 0.243 e. The van der Waals surface area contributed by atoms with Gasteiger partial charge in [-0.25, -0.2) is 8.42 Å². The van der Waals surface area contributed by atoms with E-state index in [2.05, 4.69) is 16.8 Å². The van der Waals surface area contributed by atoms with Crippen molar-refractivity contribution in [3.63, 3.8) is 0 Å². The summed E-state index contributed by atoms with van der Waals surface area (Å²) in [5.74, 6) is 0. The Morgan fingerprint density at radius 2 is 2.00 bits per heavy atom. The summed E-state index contributed by atoms with van der Waals surface area (Å²) in [5.41, 5.74) is 3.62. The first-order valence-corrected chi connectivity index (χ1v) is 9.27. The number of fused-ring (bicyclic) bond motifs is 3. The fourth-order valence-electron chi connectivity index (χ4n) is 3.33. The SMILES string of the molecule is CCN(CC)S(=O)(=O)c1ccc2c(c1)c(C)c1n2CNCC1. The Kier molecular flexibility index (Phi) is 4.01. The molecule has 5 nitrogen and oxygen atoms in total. The van der Waals surface area contributed by atoms with Crippen LogP contribution in [0.3, 0.4) is 0 Å². The number of rotatable bonds is 4. The van der Waals surface area contributed by atoms with Crippen LogP contribution < -0.4 is 5.32 Å². The van der Waals surface area contributed by atoms with Gasteiger partial charge in [0, 0.05) is 42.7 Å². The van der Waals surface area contributed by atoms with Crippen molar-refractivity contribution < 1.29 is 8.42 Å². The molecule has 1 aliphatic rings. The summed E-state index contributed by atoms with van der Waals surface area (Å²) in [6.45, 7) is 8.58. The molecule has 120 valence electrons. The third-order valence-electron chi connectivity index (χ3n) is 4.57. The topological polar surface area (TPSA) is 54.3 Å². The van der Waals surface area contributed by atoms with Crippen LogP contribution in [0.25, 0.3) is 10.9 Å². The summed E-state index contributed by atoms with van der Waals surface area (Å²) in [4.78, 5) is 0.391. The van der Waals surface area contributed by atoms with E-state index in [4.69, 9.17) is 0 Å². The molecule has 1 aromatic heterocycles. The molecule has 2 heterocycles. The molecule has 0 spiro atoms. The van der Waals surface area contributed by atoms with E-state index >= 15 is 0 Å². The molecule has 0 aliphatic carbocycles. The highest BCUT2D eigenvalue weighted by Crippen LogP contribution is 2.30. The lowest BCUT2D eigenvalue weighted by molar-refractivity contribution is 0.445. The highest BCUT2D eigenvalue weighted by molar-refractivity contribution is 7.89. The number of nitrogens with one attached hydrogen (secondary N) is 1. The number of benzene rings is 1. The largest absolute Gasteiger partial charge is 0.331 e. The van der Waals surface area contributed by atoms with Crippen LogP contribution in [-0.2, 0) is 23.1 Å². The normalized spacial score (nSPS) is 15.5. The van der Waals surface area contributed by atoms with Crippen molar-refractivity contribution in [1.29, 1.82) is 0 Å². The van der Waals surface area contributed by atoms with Gasteiger partial charge in [0.25, 0.3) is 0 Å². The van der Waals surface area contributed by atoms with E-state index < -0.39 is 10.0 Å². The summed E-state index contributed by atoms with van der Waals surface area (Å²) in [5, 5.41) is 4.41. The summed E-state index contributed by atoms with van der Waals surface area (Å²) >= 11 is 0. The van der Waals surface area contributed by atoms with Crippen molar-refractivity contribution in [3.8, 4) is 0 Å². The van der Waals surface area contributed by atoms with E-state index in [1.54, 1.807) is 6.07 Å². The van der Waals surface area contributed by atoms with E-state index in [0.717, 1.165) is 30.5 Å². The highest BCUT2D eigenvalue weighted by Gasteiger charge is 2.24. The van der Waals surface area contributed by atoms with E-state index in [9.17, 15) is 8.42 Å². The lowest BCUT2D eigenvalue weighted by Gasteiger charge is -2.19. The van der Waals surface area contributed by atoms with Crippen LogP contribution >= 0.6 is 0 Å². The van der Waals surface area contributed by atoms with Crippen LogP contribution in [-0.4, -0.2) is 36.9 Å². The van der Waals surface area contributed by atoms with Crippen LogP contribution in [0.4, 0.5) is 0 Å². The van der Waals surface area contributed by atoms with Crippen LogP contribution in [0, 0.1) is 6.92 Å². The average Bonchev–Trinajstić information content (AvgIpc) is 2.81. The van der Waals surface area contributed by atoms with E-state index in [1.807, 2.05) is 26.0 Å². The lowest BCUT2D eigenvalue weighted by Crippen LogP contribution is -2.30. The molecule has 22 heavy (non-hydrogen) atoms. The quantitative estimate of drug-likeness (QED) is 0.938. The minimum absolute atomic E-state index is 0.391. The van der Waals surface area contributed by atoms with Crippen LogP contribution in [0.1, 0.15) is 25.1 Å². The lowest BCUT2D eigenvalue weighted by atomic mass is 10.1. The highest BCUT2D eigenvalue weighted by atomic mass is 32.2. The molecule has 0 atom stereocenters. The molecular weight excluding hydrogens is 298 g/mol. The van der Waals surface area contributed by atoms with Gasteiger partial charge in [-0.05, 0) is 30.7 Å². The third kappa shape index (κ3) is 2.26. The van der Waals surface area contributed by atoms with Gasteiger partial charge >= 0.3 is 0 Å². The molecule has 6 heteroatoms. The van der Waals surface area contributed by atoms with E-state index in [-0.39, 0.29) is 0 Å². The number of hydrogen-bond donors (Lipinski definition) is 1. The Morgan fingerprint density at radius 3 is 2.68 bits per heavy atom. The molecule has 0 bridgehead atoms. The Balaban J connectivity index is 2.17. The number of aromatic nitrogens is 1. The molecule has 0 saturated carbocycles. The predicted octanol–water partition coefficient (Wildman–Crippen LogP) is 2.08.